The Morgan fingerprint density at radius 2 is 1.96 bits per heavy atom. The third kappa shape index (κ3) is 6.20. The van der Waals surface area contributed by atoms with Crippen molar-refractivity contribution in [3.8, 4) is 0 Å². The first-order valence-electron chi connectivity index (χ1n) is 10.00. The van der Waals surface area contributed by atoms with Gasteiger partial charge in [0.1, 0.15) is 11.7 Å². The van der Waals surface area contributed by atoms with Crippen LogP contribution in [0, 0.1) is 13.8 Å². The van der Waals surface area contributed by atoms with E-state index in [2.05, 4.69) is 36.9 Å². The summed E-state index contributed by atoms with van der Waals surface area (Å²) in [6, 6.07) is 6.50. The average Bonchev–Trinajstić information content (AvgIpc) is 2.59. The third-order valence-electron chi connectivity index (χ3n) is 4.87. The summed E-state index contributed by atoms with van der Waals surface area (Å²) in [5, 5.41) is 0. The minimum atomic E-state index is -0.483. The Kier molecular flexibility index (Phi) is 7.41. The molecule has 1 unspecified atom stereocenters. The first kappa shape index (κ1) is 22.2. The number of allylic oxidation sites excluding steroid dienone is 1. The second-order valence-electron chi connectivity index (χ2n) is 8.54. The molecule has 0 saturated carbocycles. The quantitative estimate of drug-likeness (QED) is 0.546. The van der Waals surface area contributed by atoms with Gasteiger partial charge in [-0.25, -0.2) is 0 Å². The number of benzene rings is 1. The number of amides is 1. The van der Waals surface area contributed by atoms with Crippen molar-refractivity contribution in [2.24, 2.45) is 0 Å². The number of nitrogens with zero attached hydrogens (tertiary/aromatic N) is 2. The highest BCUT2D eigenvalue weighted by atomic mass is 16.6. The first-order chi connectivity index (χ1) is 13.1. The molecule has 0 radical (unpaired) electrons. The molecule has 5 nitrogen and oxygen atoms in total. The molecule has 1 atom stereocenters. The molecule has 0 bridgehead atoms. The van der Waals surface area contributed by atoms with Gasteiger partial charge in [-0.2, -0.15) is 4.79 Å². The lowest BCUT2D eigenvalue weighted by atomic mass is 10.0. The molecule has 5 heteroatoms. The van der Waals surface area contributed by atoms with E-state index in [1.165, 1.54) is 16.7 Å². The molecule has 0 aliphatic carbocycles. The number of hydrogen-bond donors (Lipinski definition) is 0. The standard InChI is InChI=1S/C23H35N2O3/c1-8-13-27-21(20-10-9-17(2)18(3)14-20)16-24-11-12-25(19(4)15-24)22(26)28-23(5,6)7/h8-10,13-14,21H,11-12,15-16H2,1-7H3/q+1/b13-8+. The Labute approximate surface area is 169 Å². The highest BCUT2D eigenvalue weighted by Crippen LogP contribution is 2.23. The molecule has 0 spiro atoms. The molecule has 2 rings (SSSR count). The Hall–Kier alpha value is -2.14. The van der Waals surface area contributed by atoms with Gasteiger partial charge in [-0.1, -0.05) is 24.3 Å². The molecule has 1 aliphatic rings. The van der Waals surface area contributed by atoms with Crippen LogP contribution in [0.25, 0.3) is 0 Å². The van der Waals surface area contributed by atoms with Crippen LogP contribution in [0.4, 0.5) is 4.79 Å². The van der Waals surface area contributed by atoms with Crippen LogP contribution < -0.4 is 0 Å². The van der Waals surface area contributed by atoms with Crippen LogP contribution in [0.5, 0.6) is 0 Å². The van der Waals surface area contributed by atoms with Gasteiger partial charge in [-0.15, -0.1) is 4.58 Å². The van der Waals surface area contributed by atoms with E-state index in [0.717, 1.165) is 25.3 Å². The molecular formula is C23H35N2O3+. The maximum atomic E-state index is 12.4. The molecule has 1 aromatic carbocycles. The lowest BCUT2D eigenvalue weighted by molar-refractivity contribution is -0.458. The van der Waals surface area contributed by atoms with E-state index in [9.17, 15) is 4.79 Å². The summed E-state index contributed by atoms with van der Waals surface area (Å²) in [7, 11) is 0. The van der Waals surface area contributed by atoms with E-state index >= 15 is 0 Å². The number of hydrogen-bond acceptors (Lipinski definition) is 4. The van der Waals surface area contributed by atoms with Crippen LogP contribution in [0.15, 0.2) is 30.5 Å². The lowest BCUT2D eigenvalue weighted by Gasteiger charge is -2.29. The molecular weight excluding hydrogens is 352 g/mol. The minimum Gasteiger partial charge on any atom is -0.492 e. The van der Waals surface area contributed by atoms with Crippen molar-refractivity contribution in [2.45, 2.75) is 60.2 Å². The highest BCUT2D eigenvalue weighted by molar-refractivity contribution is 5.83. The summed E-state index contributed by atoms with van der Waals surface area (Å²) in [5.41, 5.74) is 4.25. The molecule has 28 heavy (non-hydrogen) atoms. The van der Waals surface area contributed by atoms with Crippen molar-refractivity contribution in [3.63, 3.8) is 0 Å². The van der Waals surface area contributed by atoms with Gasteiger partial charge < -0.3 is 9.47 Å². The highest BCUT2D eigenvalue weighted by Gasteiger charge is 2.33. The normalized spacial score (nSPS) is 17.1. The van der Waals surface area contributed by atoms with Crippen molar-refractivity contribution < 1.29 is 18.8 Å². The summed E-state index contributed by atoms with van der Waals surface area (Å²) in [5.74, 6) is 0. The van der Waals surface area contributed by atoms with Gasteiger partial charge in [0, 0.05) is 13.5 Å². The number of carbonyl (C=O) groups is 1. The van der Waals surface area contributed by atoms with E-state index < -0.39 is 5.60 Å². The zero-order chi connectivity index (χ0) is 20.9. The summed E-state index contributed by atoms with van der Waals surface area (Å²) in [6.45, 7) is 16.8. The van der Waals surface area contributed by atoms with Gasteiger partial charge in [0.05, 0.1) is 19.4 Å². The van der Waals surface area contributed by atoms with Crippen LogP contribution >= 0.6 is 0 Å². The van der Waals surface area contributed by atoms with Gasteiger partial charge in [-0.3, -0.25) is 4.90 Å². The van der Waals surface area contributed by atoms with Crippen molar-refractivity contribution in [1.29, 1.82) is 0 Å². The summed E-state index contributed by atoms with van der Waals surface area (Å²) in [4.78, 5) is 14.7. The summed E-state index contributed by atoms with van der Waals surface area (Å²) < 4.78 is 13.3. The van der Waals surface area contributed by atoms with Gasteiger partial charge in [0.15, 0.2) is 12.3 Å². The molecule has 0 fully saturated rings. The van der Waals surface area contributed by atoms with Crippen molar-refractivity contribution in [3.05, 3.63) is 47.2 Å². The molecule has 1 aliphatic heterocycles. The Bertz CT molecular complexity index is 760. The maximum Gasteiger partial charge on any atom is 0.596 e. The lowest BCUT2D eigenvalue weighted by Crippen LogP contribution is -2.48. The molecule has 0 saturated heterocycles. The number of carbonyl (C=O) groups excluding carboxylic acids is 1. The monoisotopic (exact) mass is 387 g/mol. The van der Waals surface area contributed by atoms with E-state index in [1.807, 2.05) is 40.7 Å². The molecule has 0 aromatic heterocycles. The second kappa shape index (κ2) is 9.37. The zero-order valence-electron chi connectivity index (χ0n) is 18.4. The van der Waals surface area contributed by atoms with Gasteiger partial charge in [-0.05, 0) is 58.2 Å². The topological polar surface area (TPSA) is 41.8 Å². The SMILES string of the molecule is C/C=C/OC(CN1CC[N+](C(=O)OC(C)(C)C)=C(C)C1)c1ccc(C)c(C)c1. The van der Waals surface area contributed by atoms with Crippen molar-refractivity contribution >= 4 is 11.8 Å². The Balaban J connectivity index is 2.11. The minimum absolute atomic E-state index is 0.0450. The van der Waals surface area contributed by atoms with Crippen LogP contribution in [0.3, 0.4) is 0 Å². The Morgan fingerprint density at radius 3 is 2.54 bits per heavy atom. The fourth-order valence-corrected chi connectivity index (χ4v) is 3.24. The average molecular weight is 388 g/mol. The molecule has 1 heterocycles. The zero-order valence-corrected chi connectivity index (χ0v) is 18.4. The smallest absolute Gasteiger partial charge is 0.492 e. The molecule has 0 N–H and O–H groups in total. The van der Waals surface area contributed by atoms with Gasteiger partial charge in [0.2, 0.25) is 0 Å². The summed E-state index contributed by atoms with van der Waals surface area (Å²) in [6.07, 6.45) is 3.36. The van der Waals surface area contributed by atoms with E-state index in [1.54, 1.807) is 10.8 Å². The fraction of sp³-hybridized carbons (Fsp3) is 0.565. The van der Waals surface area contributed by atoms with Crippen LogP contribution in [0.2, 0.25) is 0 Å². The van der Waals surface area contributed by atoms with E-state index in [0.29, 0.717) is 6.54 Å². The first-order valence-corrected chi connectivity index (χ1v) is 10.00. The van der Waals surface area contributed by atoms with E-state index in [-0.39, 0.29) is 12.2 Å². The van der Waals surface area contributed by atoms with Crippen molar-refractivity contribution in [2.75, 3.05) is 26.2 Å². The van der Waals surface area contributed by atoms with E-state index in [4.69, 9.17) is 9.47 Å². The molecule has 154 valence electrons. The third-order valence-corrected chi connectivity index (χ3v) is 4.87. The number of rotatable bonds is 5. The Morgan fingerprint density at radius 1 is 1.25 bits per heavy atom. The number of aryl methyl sites for hydroxylation is 2. The predicted molar refractivity (Wildman–Crippen MR) is 113 cm³/mol. The molecule has 1 amide bonds. The maximum absolute atomic E-state index is 12.4. The van der Waals surface area contributed by atoms with Crippen LogP contribution in [0.1, 0.15) is 57.4 Å². The number of ether oxygens (including phenoxy) is 2. The second-order valence-corrected chi connectivity index (χ2v) is 8.54. The fourth-order valence-electron chi connectivity index (χ4n) is 3.24. The van der Waals surface area contributed by atoms with Crippen LogP contribution in [-0.2, 0) is 9.47 Å². The summed E-state index contributed by atoms with van der Waals surface area (Å²) >= 11 is 0. The molecule has 1 aromatic rings. The van der Waals surface area contributed by atoms with Gasteiger partial charge >= 0.3 is 6.09 Å². The van der Waals surface area contributed by atoms with Crippen LogP contribution in [-0.4, -0.2) is 53.1 Å². The predicted octanol–water partition coefficient (Wildman–Crippen LogP) is 4.62. The van der Waals surface area contributed by atoms with Gasteiger partial charge in [0.25, 0.3) is 0 Å². The van der Waals surface area contributed by atoms with Crippen molar-refractivity contribution in [1.82, 2.24) is 4.90 Å². The largest absolute Gasteiger partial charge is 0.596 e.